The number of carbonyl (C=O) groups excluding carboxylic acids is 1. The Balaban J connectivity index is 1.94. The smallest absolute Gasteiger partial charge is 0.349 e. The topological polar surface area (TPSA) is 66.8 Å². The molecule has 0 aromatic carbocycles. The molecule has 1 aromatic heterocycles. The van der Waals surface area contributed by atoms with Crippen LogP contribution in [0.1, 0.15) is 42.3 Å². The van der Waals surface area contributed by atoms with E-state index < -0.39 is 5.97 Å². The maximum absolute atomic E-state index is 12.2. The van der Waals surface area contributed by atoms with Gasteiger partial charge in [-0.25, -0.2) is 4.79 Å². The molecule has 1 aliphatic rings. The zero-order valence-electron chi connectivity index (χ0n) is 11.5. The molecule has 1 unspecified atom stereocenters. The maximum atomic E-state index is 12.2. The Labute approximate surface area is 122 Å². The standard InChI is InChI=1S/C14H19NO4S/c1-2-10-5-3-4-7-15(10)12(16)9-19-11-6-8-20-13(11)14(17)18/h6,8,10H,2-5,7,9H2,1H3,(H,17,18). The number of amides is 1. The van der Waals surface area contributed by atoms with Crippen molar-refractivity contribution in [1.29, 1.82) is 0 Å². The predicted octanol–water partition coefficient (Wildman–Crippen LogP) is 2.62. The Hall–Kier alpha value is -1.56. The quantitative estimate of drug-likeness (QED) is 0.907. The Morgan fingerprint density at radius 2 is 2.30 bits per heavy atom. The van der Waals surface area contributed by atoms with Gasteiger partial charge in [-0.3, -0.25) is 4.79 Å². The van der Waals surface area contributed by atoms with E-state index >= 15 is 0 Å². The van der Waals surface area contributed by atoms with E-state index in [2.05, 4.69) is 6.92 Å². The maximum Gasteiger partial charge on any atom is 0.349 e. The van der Waals surface area contributed by atoms with Crippen LogP contribution in [0.4, 0.5) is 0 Å². The molecule has 0 spiro atoms. The number of nitrogens with zero attached hydrogens (tertiary/aromatic N) is 1. The molecule has 1 aliphatic heterocycles. The minimum atomic E-state index is -1.02. The SMILES string of the molecule is CCC1CCCCN1C(=O)COc1ccsc1C(=O)O. The molecule has 1 fully saturated rings. The van der Waals surface area contributed by atoms with Gasteiger partial charge in [0.05, 0.1) is 0 Å². The van der Waals surface area contributed by atoms with Gasteiger partial charge in [0.2, 0.25) is 0 Å². The zero-order chi connectivity index (χ0) is 14.5. The molecule has 2 heterocycles. The summed E-state index contributed by atoms with van der Waals surface area (Å²) < 4.78 is 5.38. The summed E-state index contributed by atoms with van der Waals surface area (Å²) in [6.45, 7) is 2.77. The summed E-state index contributed by atoms with van der Waals surface area (Å²) in [6.07, 6.45) is 4.18. The minimum absolute atomic E-state index is 0.0564. The number of carboxylic acids is 1. The van der Waals surface area contributed by atoms with E-state index in [9.17, 15) is 9.59 Å². The van der Waals surface area contributed by atoms with Crippen LogP contribution in [0.15, 0.2) is 11.4 Å². The van der Waals surface area contributed by atoms with Gasteiger partial charge >= 0.3 is 5.97 Å². The van der Waals surface area contributed by atoms with Gasteiger partial charge < -0.3 is 14.7 Å². The zero-order valence-corrected chi connectivity index (χ0v) is 12.3. The molecule has 0 radical (unpaired) electrons. The molecule has 20 heavy (non-hydrogen) atoms. The van der Waals surface area contributed by atoms with E-state index in [0.29, 0.717) is 6.04 Å². The van der Waals surface area contributed by atoms with Gasteiger partial charge in [0.15, 0.2) is 11.5 Å². The van der Waals surface area contributed by atoms with Gasteiger partial charge in [-0.15, -0.1) is 11.3 Å². The normalized spacial score (nSPS) is 18.9. The van der Waals surface area contributed by atoms with Crippen LogP contribution in [0.5, 0.6) is 5.75 Å². The summed E-state index contributed by atoms with van der Waals surface area (Å²) >= 11 is 1.10. The van der Waals surface area contributed by atoms with Crippen LogP contribution in [0.25, 0.3) is 0 Å². The molecule has 1 aromatic rings. The second-order valence-electron chi connectivity index (χ2n) is 4.85. The number of ether oxygens (including phenoxy) is 1. The number of thiophene rings is 1. The Morgan fingerprint density at radius 1 is 1.50 bits per heavy atom. The number of rotatable bonds is 5. The van der Waals surface area contributed by atoms with Crippen LogP contribution in [-0.2, 0) is 4.79 Å². The first kappa shape index (κ1) is 14.8. The van der Waals surface area contributed by atoms with Crippen LogP contribution < -0.4 is 4.74 Å². The van der Waals surface area contributed by atoms with Crippen LogP contribution >= 0.6 is 11.3 Å². The van der Waals surface area contributed by atoms with Gasteiger partial charge in [-0.2, -0.15) is 0 Å². The number of hydrogen-bond acceptors (Lipinski definition) is 4. The first-order chi connectivity index (χ1) is 9.63. The molecule has 5 nitrogen and oxygen atoms in total. The first-order valence-corrected chi connectivity index (χ1v) is 7.74. The summed E-state index contributed by atoms with van der Waals surface area (Å²) in [6, 6.07) is 1.89. The van der Waals surface area contributed by atoms with Crippen LogP contribution in [0, 0.1) is 0 Å². The van der Waals surface area contributed by atoms with Crippen molar-refractivity contribution in [2.24, 2.45) is 0 Å². The van der Waals surface area contributed by atoms with Crippen molar-refractivity contribution in [3.63, 3.8) is 0 Å². The third kappa shape index (κ3) is 3.30. The molecule has 1 amide bonds. The fourth-order valence-electron chi connectivity index (χ4n) is 2.54. The van der Waals surface area contributed by atoms with Crippen molar-refractivity contribution in [2.75, 3.05) is 13.2 Å². The third-order valence-electron chi connectivity index (χ3n) is 3.59. The van der Waals surface area contributed by atoms with Crippen molar-refractivity contribution in [1.82, 2.24) is 4.90 Å². The Kier molecular flexibility index (Phi) is 5.00. The fourth-order valence-corrected chi connectivity index (χ4v) is 3.21. The largest absolute Gasteiger partial charge is 0.482 e. The number of piperidine rings is 1. The van der Waals surface area contributed by atoms with Crippen LogP contribution in [0.3, 0.4) is 0 Å². The summed E-state index contributed by atoms with van der Waals surface area (Å²) in [4.78, 5) is 25.2. The number of likely N-dealkylation sites (tertiary alicyclic amines) is 1. The van der Waals surface area contributed by atoms with E-state index in [1.54, 1.807) is 11.4 Å². The van der Waals surface area contributed by atoms with Crippen molar-refractivity contribution in [3.8, 4) is 5.75 Å². The predicted molar refractivity (Wildman–Crippen MR) is 76.4 cm³/mol. The summed E-state index contributed by atoms with van der Waals surface area (Å²) in [5.74, 6) is -0.799. The average molecular weight is 297 g/mol. The molecular weight excluding hydrogens is 278 g/mol. The van der Waals surface area contributed by atoms with Crippen molar-refractivity contribution in [2.45, 2.75) is 38.6 Å². The highest BCUT2D eigenvalue weighted by Crippen LogP contribution is 2.25. The summed E-state index contributed by atoms with van der Waals surface area (Å²) in [7, 11) is 0. The van der Waals surface area contributed by atoms with Gasteiger partial charge in [0.25, 0.3) is 5.91 Å². The van der Waals surface area contributed by atoms with Gasteiger partial charge in [-0.05, 0) is 37.1 Å². The van der Waals surface area contributed by atoms with Gasteiger partial charge in [0.1, 0.15) is 5.75 Å². The Bertz CT molecular complexity index is 485. The third-order valence-corrected chi connectivity index (χ3v) is 4.48. The summed E-state index contributed by atoms with van der Waals surface area (Å²) in [5.41, 5.74) is 0. The monoisotopic (exact) mass is 297 g/mol. The van der Waals surface area contributed by atoms with Crippen molar-refractivity contribution < 1.29 is 19.4 Å². The van der Waals surface area contributed by atoms with E-state index in [0.717, 1.165) is 43.6 Å². The van der Waals surface area contributed by atoms with Gasteiger partial charge in [-0.1, -0.05) is 6.92 Å². The second kappa shape index (κ2) is 6.74. The van der Waals surface area contributed by atoms with E-state index in [1.807, 2.05) is 4.90 Å². The first-order valence-electron chi connectivity index (χ1n) is 6.86. The fraction of sp³-hybridized carbons (Fsp3) is 0.571. The van der Waals surface area contributed by atoms with Crippen LogP contribution in [-0.4, -0.2) is 41.1 Å². The average Bonchev–Trinajstić information content (AvgIpc) is 2.93. The van der Waals surface area contributed by atoms with Crippen molar-refractivity contribution in [3.05, 3.63) is 16.3 Å². The summed E-state index contributed by atoms with van der Waals surface area (Å²) in [5, 5.41) is 10.6. The second-order valence-corrected chi connectivity index (χ2v) is 5.77. The highest BCUT2D eigenvalue weighted by molar-refractivity contribution is 7.12. The molecule has 1 atom stereocenters. The highest BCUT2D eigenvalue weighted by Gasteiger charge is 2.25. The molecule has 2 rings (SSSR count). The molecule has 0 bridgehead atoms. The molecular formula is C14H19NO4S. The minimum Gasteiger partial charge on any atom is -0.482 e. The lowest BCUT2D eigenvalue weighted by molar-refractivity contribution is -0.137. The van der Waals surface area contributed by atoms with Crippen LogP contribution in [0.2, 0.25) is 0 Å². The van der Waals surface area contributed by atoms with E-state index in [1.165, 1.54) is 0 Å². The number of hydrogen-bond donors (Lipinski definition) is 1. The lowest BCUT2D eigenvalue weighted by Gasteiger charge is -2.35. The van der Waals surface area contributed by atoms with E-state index in [4.69, 9.17) is 9.84 Å². The highest BCUT2D eigenvalue weighted by atomic mass is 32.1. The number of aromatic carboxylic acids is 1. The molecule has 0 saturated carbocycles. The number of carboxylic acid groups (broad SMARTS) is 1. The molecule has 6 heteroatoms. The lowest BCUT2D eigenvalue weighted by Crippen LogP contribution is -2.45. The van der Waals surface area contributed by atoms with E-state index in [-0.39, 0.29) is 23.1 Å². The molecule has 0 aliphatic carbocycles. The Morgan fingerprint density at radius 3 is 3.00 bits per heavy atom. The van der Waals surface area contributed by atoms with Gasteiger partial charge in [0, 0.05) is 12.6 Å². The molecule has 1 saturated heterocycles. The molecule has 1 N–H and O–H groups in total. The lowest BCUT2D eigenvalue weighted by atomic mass is 10.00. The molecule has 110 valence electrons. The number of carbonyl (C=O) groups is 2. The van der Waals surface area contributed by atoms with Crippen molar-refractivity contribution >= 4 is 23.2 Å².